The van der Waals surface area contributed by atoms with Gasteiger partial charge in [0.05, 0.1) is 0 Å². The Balaban J connectivity index is 2.79. The van der Waals surface area contributed by atoms with E-state index in [0.29, 0.717) is 5.69 Å². The Labute approximate surface area is 78.5 Å². The van der Waals surface area contributed by atoms with E-state index in [9.17, 15) is 0 Å². The highest BCUT2D eigenvalue weighted by Gasteiger charge is 1.93. The van der Waals surface area contributed by atoms with E-state index < -0.39 is 0 Å². The van der Waals surface area contributed by atoms with Crippen molar-refractivity contribution in [1.29, 1.82) is 5.26 Å². The number of rotatable bonds is 2. The van der Waals surface area contributed by atoms with Gasteiger partial charge in [0, 0.05) is 6.20 Å². The standard InChI is InChI=1S/C11H12N2/c1-9(2)3-4-10-5-6-13-11(7-10)8-12/h3,5-7H,4H2,1-2H3. The van der Waals surface area contributed by atoms with Gasteiger partial charge < -0.3 is 0 Å². The van der Waals surface area contributed by atoms with Crippen molar-refractivity contribution in [2.75, 3.05) is 0 Å². The molecule has 0 N–H and O–H groups in total. The fourth-order valence-electron chi connectivity index (χ4n) is 0.984. The van der Waals surface area contributed by atoms with Crippen LogP contribution in [0, 0.1) is 11.3 Å². The number of hydrogen-bond donors (Lipinski definition) is 0. The lowest BCUT2D eigenvalue weighted by Gasteiger charge is -1.96. The van der Waals surface area contributed by atoms with Crippen molar-refractivity contribution < 1.29 is 0 Å². The van der Waals surface area contributed by atoms with E-state index in [0.717, 1.165) is 12.0 Å². The number of nitriles is 1. The van der Waals surface area contributed by atoms with Crippen LogP contribution >= 0.6 is 0 Å². The van der Waals surface area contributed by atoms with Gasteiger partial charge in [0.25, 0.3) is 0 Å². The zero-order chi connectivity index (χ0) is 9.68. The fourth-order valence-corrected chi connectivity index (χ4v) is 0.984. The van der Waals surface area contributed by atoms with Gasteiger partial charge in [-0.05, 0) is 38.0 Å². The second-order valence-electron chi connectivity index (χ2n) is 3.15. The smallest absolute Gasteiger partial charge is 0.140 e. The summed E-state index contributed by atoms with van der Waals surface area (Å²) in [5.74, 6) is 0. The van der Waals surface area contributed by atoms with Crippen molar-refractivity contribution in [2.24, 2.45) is 0 Å². The van der Waals surface area contributed by atoms with Crippen LogP contribution in [0.3, 0.4) is 0 Å². The summed E-state index contributed by atoms with van der Waals surface area (Å²) in [5.41, 5.74) is 2.91. The van der Waals surface area contributed by atoms with Crippen LogP contribution in [-0.4, -0.2) is 4.98 Å². The minimum atomic E-state index is 0.486. The number of hydrogen-bond acceptors (Lipinski definition) is 2. The lowest BCUT2D eigenvalue weighted by Crippen LogP contribution is -1.86. The molecular weight excluding hydrogens is 160 g/mol. The molecule has 1 aromatic heterocycles. The highest BCUT2D eigenvalue weighted by atomic mass is 14.7. The van der Waals surface area contributed by atoms with E-state index in [4.69, 9.17) is 5.26 Å². The highest BCUT2D eigenvalue weighted by Crippen LogP contribution is 2.04. The molecule has 1 aromatic rings. The maximum absolute atomic E-state index is 8.61. The van der Waals surface area contributed by atoms with E-state index in [2.05, 4.69) is 24.9 Å². The maximum atomic E-state index is 8.61. The third kappa shape index (κ3) is 3.08. The normalized spacial score (nSPS) is 9.00. The quantitative estimate of drug-likeness (QED) is 0.642. The molecule has 13 heavy (non-hydrogen) atoms. The van der Waals surface area contributed by atoms with Crippen LogP contribution in [0.2, 0.25) is 0 Å². The van der Waals surface area contributed by atoms with E-state index in [1.54, 1.807) is 6.20 Å². The largest absolute Gasteiger partial charge is 0.246 e. The summed E-state index contributed by atoms with van der Waals surface area (Å²) in [5, 5.41) is 8.61. The number of aromatic nitrogens is 1. The van der Waals surface area contributed by atoms with E-state index >= 15 is 0 Å². The molecule has 2 nitrogen and oxygen atoms in total. The molecule has 0 unspecified atom stereocenters. The van der Waals surface area contributed by atoms with Crippen molar-refractivity contribution >= 4 is 0 Å². The molecule has 0 saturated heterocycles. The van der Waals surface area contributed by atoms with Crippen LogP contribution in [0.5, 0.6) is 0 Å². The Hall–Kier alpha value is -1.62. The van der Waals surface area contributed by atoms with E-state index in [1.165, 1.54) is 5.57 Å². The minimum absolute atomic E-state index is 0.486. The lowest BCUT2D eigenvalue weighted by molar-refractivity contribution is 1.16. The molecule has 1 rings (SSSR count). The number of nitrogens with zero attached hydrogens (tertiary/aromatic N) is 2. The van der Waals surface area contributed by atoms with Crippen LogP contribution in [0.15, 0.2) is 30.0 Å². The van der Waals surface area contributed by atoms with Crippen LogP contribution in [0.4, 0.5) is 0 Å². The Morgan fingerprint density at radius 2 is 2.38 bits per heavy atom. The first-order chi connectivity index (χ1) is 6.22. The predicted octanol–water partition coefficient (Wildman–Crippen LogP) is 2.46. The zero-order valence-corrected chi connectivity index (χ0v) is 7.91. The SMILES string of the molecule is CC(C)=CCc1ccnc(C#N)c1. The highest BCUT2D eigenvalue weighted by molar-refractivity contribution is 5.26. The first-order valence-electron chi connectivity index (χ1n) is 4.21. The molecule has 0 aromatic carbocycles. The van der Waals surface area contributed by atoms with Gasteiger partial charge in [-0.1, -0.05) is 11.6 Å². The number of allylic oxidation sites excluding steroid dienone is 2. The van der Waals surface area contributed by atoms with Gasteiger partial charge in [0.1, 0.15) is 11.8 Å². The first kappa shape index (κ1) is 9.47. The minimum Gasteiger partial charge on any atom is -0.246 e. The van der Waals surface area contributed by atoms with E-state index in [1.807, 2.05) is 18.2 Å². The first-order valence-corrected chi connectivity index (χ1v) is 4.21. The zero-order valence-electron chi connectivity index (χ0n) is 7.91. The molecular formula is C11H12N2. The van der Waals surface area contributed by atoms with Crippen LogP contribution in [-0.2, 0) is 6.42 Å². The van der Waals surface area contributed by atoms with Gasteiger partial charge in [-0.2, -0.15) is 5.26 Å². The summed E-state index contributed by atoms with van der Waals surface area (Å²) >= 11 is 0. The van der Waals surface area contributed by atoms with Crippen molar-refractivity contribution in [3.05, 3.63) is 41.2 Å². The maximum Gasteiger partial charge on any atom is 0.140 e. The molecule has 66 valence electrons. The van der Waals surface area contributed by atoms with Crippen molar-refractivity contribution in [2.45, 2.75) is 20.3 Å². The summed E-state index contributed by atoms with van der Waals surface area (Å²) < 4.78 is 0. The monoisotopic (exact) mass is 172 g/mol. The van der Waals surface area contributed by atoms with Gasteiger partial charge in [0.2, 0.25) is 0 Å². The van der Waals surface area contributed by atoms with Gasteiger partial charge >= 0.3 is 0 Å². The Morgan fingerprint density at radius 3 is 3.00 bits per heavy atom. The Morgan fingerprint density at radius 1 is 1.62 bits per heavy atom. The molecule has 0 bridgehead atoms. The van der Waals surface area contributed by atoms with Crippen LogP contribution in [0.1, 0.15) is 25.1 Å². The molecule has 0 aliphatic carbocycles. The van der Waals surface area contributed by atoms with Gasteiger partial charge in [0.15, 0.2) is 0 Å². The summed E-state index contributed by atoms with van der Waals surface area (Å²) in [6, 6.07) is 5.77. The summed E-state index contributed by atoms with van der Waals surface area (Å²) in [4.78, 5) is 3.90. The van der Waals surface area contributed by atoms with E-state index in [-0.39, 0.29) is 0 Å². The van der Waals surface area contributed by atoms with Gasteiger partial charge in [-0.15, -0.1) is 0 Å². The molecule has 0 spiro atoms. The van der Waals surface area contributed by atoms with Crippen molar-refractivity contribution in [3.63, 3.8) is 0 Å². The third-order valence-electron chi connectivity index (χ3n) is 1.68. The molecule has 0 radical (unpaired) electrons. The van der Waals surface area contributed by atoms with Gasteiger partial charge in [-0.3, -0.25) is 0 Å². The summed E-state index contributed by atoms with van der Waals surface area (Å²) in [6.45, 7) is 4.12. The molecule has 0 aliphatic rings. The van der Waals surface area contributed by atoms with Crippen molar-refractivity contribution in [3.8, 4) is 6.07 Å². The van der Waals surface area contributed by atoms with Gasteiger partial charge in [-0.25, -0.2) is 4.98 Å². The predicted molar refractivity (Wildman–Crippen MR) is 52.1 cm³/mol. The van der Waals surface area contributed by atoms with Crippen LogP contribution < -0.4 is 0 Å². The molecule has 0 amide bonds. The Bertz CT molecular complexity index is 355. The number of pyridine rings is 1. The molecule has 1 heterocycles. The molecule has 0 aliphatic heterocycles. The summed E-state index contributed by atoms with van der Waals surface area (Å²) in [6.07, 6.45) is 4.68. The topological polar surface area (TPSA) is 36.7 Å². The molecule has 0 fully saturated rings. The second kappa shape index (κ2) is 4.42. The molecule has 0 atom stereocenters. The third-order valence-corrected chi connectivity index (χ3v) is 1.68. The second-order valence-corrected chi connectivity index (χ2v) is 3.15. The summed E-state index contributed by atoms with van der Waals surface area (Å²) in [7, 11) is 0. The molecule has 2 heteroatoms. The average molecular weight is 172 g/mol. The van der Waals surface area contributed by atoms with Crippen LogP contribution in [0.25, 0.3) is 0 Å². The fraction of sp³-hybridized carbons (Fsp3) is 0.273. The Kier molecular flexibility index (Phi) is 3.22. The average Bonchev–Trinajstić information content (AvgIpc) is 2.15. The van der Waals surface area contributed by atoms with Crippen molar-refractivity contribution in [1.82, 2.24) is 4.98 Å². The molecule has 0 saturated carbocycles. The lowest BCUT2D eigenvalue weighted by atomic mass is 10.1.